The summed E-state index contributed by atoms with van der Waals surface area (Å²) in [7, 11) is 0. The van der Waals surface area contributed by atoms with Crippen LogP contribution in [0.1, 0.15) is 30.4 Å². The highest BCUT2D eigenvalue weighted by molar-refractivity contribution is 5.34. The average molecular weight is 193 g/mol. The Morgan fingerprint density at radius 1 is 1.50 bits per heavy atom. The van der Waals surface area contributed by atoms with E-state index in [1.165, 1.54) is 0 Å². The monoisotopic (exact) mass is 193 g/mol. The third-order valence-electron chi connectivity index (χ3n) is 3.35. The maximum Gasteiger partial charge on any atom is 0.126 e. The average Bonchev–Trinajstić information content (AvgIpc) is 2.18. The smallest absolute Gasteiger partial charge is 0.126 e. The van der Waals surface area contributed by atoms with Gasteiger partial charge in [0.2, 0.25) is 0 Å². The van der Waals surface area contributed by atoms with Crippen LogP contribution in [0.4, 0.5) is 4.39 Å². The molecule has 1 aliphatic carbocycles. The standard InChI is InChI=1S/C12H16FN/c1-8-5-6-10-9(11(8)7-14)3-2-4-12(10)13/h2-4,8,11H,5-7,14H2,1H3. The van der Waals surface area contributed by atoms with E-state index >= 15 is 0 Å². The van der Waals surface area contributed by atoms with Crippen LogP contribution in [-0.2, 0) is 6.42 Å². The molecule has 2 atom stereocenters. The number of rotatable bonds is 1. The molecular formula is C12H16FN. The van der Waals surface area contributed by atoms with Gasteiger partial charge in [-0.15, -0.1) is 0 Å². The summed E-state index contributed by atoms with van der Waals surface area (Å²) in [4.78, 5) is 0. The molecule has 0 amide bonds. The van der Waals surface area contributed by atoms with Gasteiger partial charge in [-0.05, 0) is 48.4 Å². The van der Waals surface area contributed by atoms with Crippen molar-refractivity contribution < 1.29 is 4.39 Å². The van der Waals surface area contributed by atoms with Gasteiger partial charge in [0.25, 0.3) is 0 Å². The van der Waals surface area contributed by atoms with Crippen LogP contribution in [0.15, 0.2) is 18.2 Å². The summed E-state index contributed by atoms with van der Waals surface area (Å²) < 4.78 is 13.5. The van der Waals surface area contributed by atoms with Gasteiger partial charge in [-0.1, -0.05) is 19.1 Å². The van der Waals surface area contributed by atoms with Crippen molar-refractivity contribution >= 4 is 0 Å². The molecule has 0 aliphatic heterocycles. The predicted octanol–water partition coefficient (Wildman–Crippen LogP) is 2.45. The third-order valence-corrected chi connectivity index (χ3v) is 3.35. The molecule has 0 aromatic heterocycles. The number of hydrogen-bond acceptors (Lipinski definition) is 1. The fraction of sp³-hybridized carbons (Fsp3) is 0.500. The summed E-state index contributed by atoms with van der Waals surface area (Å²) in [5, 5.41) is 0. The maximum absolute atomic E-state index is 13.5. The lowest BCUT2D eigenvalue weighted by Crippen LogP contribution is -2.25. The molecule has 76 valence electrons. The summed E-state index contributed by atoms with van der Waals surface area (Å²) in [6, 6.07) is 5.35. The minimum absolute atomic E-state index is 0.0622. The summed E-state index contributed by atoms with van der Waals surface area (Å²) in [5.74, 6) is 0.858. The molecule has 1 aromatic carbocycles. The van der Waals surface area contributed by atoms with E-state index in [1.54, 1.807) is 12.1 Å². The highest BCUT2D eigenvalue weighted by atomic mass is 19.1. The molecule has 0 spiro atoms. The first kappa shape index (κ1) is 9.66. The third kappa shape index (κ3) is 1.44. The second-order valence-corrected chi connectivity index (χ2v) is 4.17. The molecule has 1 nitrogen and oxygen atoms in total. The summed E-state index contributed by atoms with van der Waals surface area (Å²) in [6.07, 6.45) is 1.91. The summed E-state index contributed by atoms with van der Waals surface area (Å²) in [6.45, 7) is 2.82. The molecule has 1 aliphatic rings. The molecule has 2 unspecified atom stereocenters. The van der Waals surface area contributed by atoms with Gasteiger partial charge in [-0.2, -0.15) is 0 Å². The molecule has 0 fully saturated rings. The Labute approximate surface area is 84.1 Å². The highest BCUT2D eigenvalue weighted by Gasteiger charge is 2.26. The van der Waals surface area contributed by atoms with Crippen LogP contribution in [0, 0.1) is 11.7 Å². The lowest BCUT2D eigenvalue weighted by Gasteiger charge is -2.30. The van der Waals surface area contributed by atoms with E-state index in [2.05, 4.69) is 6.92 Å². The second-order valence-electron chi connectivity index (χ2n) is 4.17. The van der Waals surface area contributed by atoms with Crippen LogP contribution in [0.3, 0.4) is 0 Å². The van der Waals surface area contributed by atoms with Gasteiger partial charge in [0.1, 0.15) is 5.82 Å². The van der Waals surface area contributed by atoms with E-state index in [4.69, 9.17) is 5.73 Å². The van der Waals surface area contributed by atoms with Gasteiger partial charge in [-0.3, -0.25) is 0 Å². The largest absolute Gasteiger partial charge is 0.330 e. The highest BCUT2D eigenvalue weighted by Crippen LogP contribution is 2.36. The number of nitrogens with two attached hydrogens (primary N) is 1. The van der Waals surface area contributed by atoms with Crippen molar-refractivity contribution in [2.75, 3.05) is 6.54 Å². The van der Waals surface area contributed by atoms with Gasteiger partial charge in [0.15, 0.2) is 0 Å². The van der Waals surface area contributed by atoms with Crippen molar-refractivity contribution in [1.29, 1.82) is 0 Å². The molecule has 14 heavy (non-hydrogen) atoms. The Morgan fingerprint density at radius 3 is 3.00 bits per heavy atom. The van der Waals surface area contributed by atoms with Crippen molar-refractivity contribution in [3.05, 3.63) is 35.1 Å². The Bertz CT molecular complexity index is 335. The van der Waals surface area contributed by atoms with Crippen LogP contribution in [0.5, 0.6) is 0 Å². The molecule has 1 aromatic rings. The van der Waals surface area contributed by atoms with Gasteiger partial charge in [-0.25, -0.2) is 4.39 Å². The number of benzene rings is 1. The van der Waals surface area contributed by atoms with Crippen LogP contribution < -0.4 is 5.73 Å². The van der Waals surface area contributed by atoms with E-state index in [9.17, 15) is 4.39 Å². The number of halogens is 1. The Kier molecular flexibility index (Phi) is 2.55. The molecule has 0 radical (unpaired) electrons. The Balaban J connectivity index is 2.46. The molecule has 0 saturated carbocycles. The van der Waals surface area contributed by atoms with E-state index in [0.717, 1.165) is 24.0 Å². The van der Waals surface area contributed by atoms with Gasteiger partial charge in [0.05, 0.1) is 0 Å². The van der Waals surface area contributed by atoms with Crippen molar-refractivity contribution in [2.24, 2.45) is 11.7 Å². The van der Waals surface area contributed by atoms with Crippen LogP contribution in [0.2, 0.25) is 0 Å². The number of fused-ring (bicyclic) bond motifs is 1. The van der Waals surface area contributed by atoms with Crippen LogP contribution >= 0.6 is 0 Å². The first-order valence-electron chi connectivity index (χ1n) is 5.21. The maximum atomic E-state index is 13.5. The van der Waals surface area contributed by atoms with Gasteiger partial charge < -0.3 is 5.73 Å². The fourth-order valence-electron chi connectivity index (χ4n) is 2.43. The topological polar surface area (TPSA) is 26.0 Å². The quantitative estimate of drug-likeness (QED) is 0.728. The lowest BCUT2D eigenvalue weighted by atomic mass is 9.76. The van der Waals surface area contributed by atoms with Crippen molar-refractivity contribution in [1.82, 2.24) is 0 Å². The molecule has 2 heteroatoms. The van der Waals surface area contributed by atoms with E-state index in [0.29, 0.717) is 18.4 Å². The summed E-state index contributed by atoms with van der Waals surface area (Å²) >= 11 is 0. The van der Waals surface area contributed by atoms with Crippen molar-refractivity contribution in [2.45, 2.75) is 25.7 Å². The van der Waals surface area contributed by atoms with Crippen molar-refractivity contribution in [3.63, 3.8) is 0 Å². The first-order valence-corrected chi connectivity index (χ1v) is 5.21. The summed E-state index contributed by atoms with van der Waals surface area (Å²) in [5.41, 5.74) is 7.76. The molecule has 0 bridgehead atoms. The zero-order valence-electron chi connectivity index (χ0n) is 8.46. The predicted molar refractivity (Wildman–Crippen MR) is 55.7 cm³/mol. The number of hydrogen-bond donors (Lipinski definition) is 1. The van der Waals surface area contributed by atoms with E-state index < -0.39 is 0 Å². The fourth-order valence-corrected chi connectivity index (χ4v) is 2.43. The Hall–Kier alpha value is -0.890. The Morgan fingerprint density at radius 2 is 2.29 bits per heavy atom. The molecule has 2 rings (SSSR count). The van der Waals surface area contributed by atoms with Crippen LogP contribution in [0.25, 0.3) is 0 Å². The van der Waals surface area contributed by atoms with Gasteiger partial charge in [0, 0.05) is 0 Å². The SMILES string of the molecule is CC1CCc2c(F)cccc2C1CN. The molecule has 0 heterocycles. The molecule has 2 N–H and O–H groups in total. The van der Waals surface area contributed by atoms with E-state index in [1.807, 2.05) is 6.07 Å². The van der Waals surface area contributed by atoms with Crippen LogP contribution in [-0.4, -0.2) is 6.54 Å². The van der Waals surface area contributed by atoms with E-state index in [-0.39, 0.29) is 5.82 Å². The normalized spacial score (nSPS) is 25.9. The van der Waals surface area contributed by atoms with Gasteiger partial charge >= 0.3 is 0 Å². The lowest BCUT2D eigenvalue weighted by molar-refractivity contribution is 0.400. The molecular weight excluding hydrogens is 177 g/mol. The molecule has 0 saturated heterocycles. The van der Waals surface area contributed by atoms with Crippen molar-refractivity contribution in [3.8, 4) is 0 Å². The zero-order chi connectivity index (χ0) is 10.1. The zero-order valence-corrected chi connectivity index (χ0v) is 8.46. The second kappa shape index (κ2) is 3.70. The minimum Gasteiger partial charge on any atom is -0.330 e. The minimum atomic E-state index is -0.0622. The first-order chi connectivity index (χ1) is 6.74.